The van der Waals surface area contributed by atoms with Crippen molar-refractivity contribution in [2.24, 2.45) is 0 Å². The van der Waals surface area contributed by atoms with Crippen LogP contribution in [0.15, 0.2) is 11.0 Å². The highest BCUT2D eigenvalue weighted by Gasteiger charge is 2.36. The molecule has 0 bridgehead atoms. The molecule has 1 atom stereocenters. The number of nitrogens with zero attached hydrogens (tertiary/aromatic N) is 4. The predicted octanol–water partition coefficient (Wildman–Crippen LogP) is -0.318. The zero-order chi connectivity index (χ0) is 15.0. The molecule has 3 heterocycles. The van der Waals surface area contributed by atoms with E-state index in [9.17, 15) is 14.7 Å². The van der Waals surface area contributed by atoms with Crippen LogP contribution in [0.3, 0.4) is 0 Å². The summed E-state index contributed by atoms with van der Waals surface area (Å²) in [5.74, 6) is -1.38. The van der Waals surface area contributed by atoms with Gasteiger partial charge in [0.2, 0.25) is 5.91 Å². The van der Waals surface area contributed by atoms with E-state index in [2.05, 4.69) is 24.9 Å². The molecule has 0 fully saturated rings. The summed E-state index contributed by atoms with van der Waals surface area (Å²) < 4.78 is 4.55. The van der Waals surface area contributed by atoms with Crippen molar-refractivity contribution in [3.05, 3.63) is 29.1 Å². The topological polar surface area (TPSA) is 125 Å². The minimum absolute atomic E-state index is 0.0391. The Labute approximate surface area is 118 Å². The Morgan fingerprint density at radius 2 is 2.33 bits per heavy atom. The Bertz CT molecular complexity index is 691. The van der Waals surface area contributed by atoms with E-state index >= 15 is 0 Å². The first-order valence-electron chi connectivity index (χ1n) is 6.37. The molecule has 110 valence electrons. The average molecular weight is 291 g/mol. The second kappa shape index (κ2) is 5.00. The highest BCUT2D eigenvalue weighted by molar-refractivity contribution is 5.85. The summed E-state index contributed by atoms with van der Waals surface area (Å²) in [5.41, 5.74) is 2.38. The van der Waals surface area contributed by atoms with Crippen LogP contribution in [0.4, 0.5) is 0 Å². The molecule has 9 heteroatoms. The fourth-order valence-corrected chi connectivity index (χ4v) is 2.37. The number of amides is 1. The van der Waals surface area contributed by atoms with E-state index < -0.39 is 12.0 Å². The minimum atomic E-state index is -1.05. The number of fused-ring (bicyclic) bond motifs is 1. The first-order valence-corrected chi connectivity index (χ1v) is 6.37. The molecule has 0 saturated heterocycles. The Hall–Kier alpha value is -2.71. The normalized spacial score (nSPS) is 17.6. The maximum Gasteiger partial charge on any atom is 0.326 e. The SMILES string of the molecule is Cc1nonc1CC(=O)N1Cc2[nH]cnc2CC1C(=O)O. The molecule has 0 aromatic carbocycles. The molecule has 0 radical (unpaired) electrons. The van der Waals surface area contributed by atoms with Crippen molar-refractivity contribution in [1.82, 2.24) is 25.2 Å². The standard InChI is InChI=1S/C12H13N5O4/c1-6-7(16-21-15-6)3-11(18)17-4-9-8(13-5-14-9)2-10(17)12(19)20/h5,10H,2-4H2,1H3,(H,13,14)(H,19,20). The fraction of sp³-hybridized carbons (Fsp3) is 0.417. The lowest BCUT2D eigenvalue weighted by Gasteiger charge is -2.32. The number of carbonyl (C=O) groups is 2. The lowest BCUT2D eigenvalue weighted by Crippen LogP contribution is -2.49. The summed E-state index contributed by atoms with van der Waals surface area (Å²) in [5, 5.41) is 16.6. The van der Waals surface area contributed by atoms with E-state index in [0.717, 1.165) is 5.69 Å². The number of rotatable bonds is 3. The van der Waals surface area contributed by atoms with Crippen LogP contribution in [0.5, 0.6) is 0 Å². The van der Waals surface area contributed by atoms with Gasteiger partial charge in [0.25, 0.3) is 0 Å². The van der Waals surface area contributed by atoms with Crippen molar-refractivity contribution in [3.8, 4) is 0 Å². The van der Waals surface area contributed by atoms with Crippen LogP contribution in [0, 0.1) is 6.92 Å². The number of nitrogens with one attached hydrogen (secondary N) is 1. The van der Waals surface area contributed by atoms with Crippen molar-refractivity contribution >= 4 is 11.9 Å². The zero-order valence-corrected chi connectivity index (χ0v) is 11.2. The van der Waals surface area contributed by atoms with Crippen molar-refractivity contribution in [2.45, 2.75) is 32.4 Å². The number of H-pyrrole nitrogens is 1. The number of aliphatic carboxylic acids is 1. The number of carbonyl (C=O) groups excluding carboxylic acids is 1. The summed E-state index contributed by atoms with van der Waals surface area (Å²) in [4.78, 5) is 32.1. The van der Waals surface area contributed by atoms with E-state index in [1.807, 2.05) is 0 Å². The van der Waals surface area contributed by atoms with Gasteiger partial charge in [0, 0.05) is 6.42 Å². The number of hydrogen-bond donors (Lipinski definition) is 2. The summed E-state index contributed by atoms with van der Waals surface area (Å²) in [6.07, 6.45) is 1.65. The predicted molar refractivity (Wildman–Crippen MR) is 67.0 cm³/mol. The molecule has 21 heavy (non-hydrogen) atoms. The van der Waals surface area contributed by atoms with Crippen LogP contribution in [0.2, 0.25) is 0 Å². The molecule has 1 aliphatic heterocycles. The van der Waals surface area contributed by atoms with E-state index in [1.54, 1.807) is 6.92 Å². The van der Waals surface area contributed by atoms with Gasteiger partial charge in [0.1, 0.15) is 17.4 Å². The van der Waals surface area contributed by atoms with Gasteiger partial charge >= 0.3 is 5.97 Å². The first-order chi connectivity index (χ1) is 10.1. The van der Waals surface area contributed by atoms with E-state index in [0.29, 0.717) is 17.1 Å². The zero-order valence-electron chi connectivity index (χ0n) is 11.2. The van der Waals surface area contributed by atoms with Crippen LogP contribution in [-0.2, 0) is 29.0 Å². The lowest BCUT2D eigenvalue weighted by atomic mass is 10.0. The van der Waals surface area contributed by atoms with Crippen LogP contribution in [-0.4, -0.2) is 48.2 Å². The minimum Gasteiger partial charge on any atom is -0.480 e. The Morgan fingerprint density at radius 3 is 3.00 bits per heavy atom. The lowest BCUT2D eigenvalue weighted by molar-refractivity contribution is -0.151. The fourth-order valence-electron chi connectivity index (χ4n) is 2.37. The molecule has 0 saturated carbocycles. The summed E-state index contributed by atoms with van der Waals surface area (Å²) in [7, 11) is 0. The molecule has 1 unspecified atom stereocenters. The molecular weight excluding hydrogens is 278 g/mol. The highest BCUT2D eigenvalue weighted by Crippen LogP contribution is 2.22. The Kier molecular flexibility index (Phi) is 3.16. The number of aromatic nitrogens is 4. The highest BCUT2D eigenvalue weighted by atomic mass is 16.6. The van der Waals surface area contributed by atoms with Crippen LogP contribution < -0.4 is 0 Å². The quantitative estimate of drug-likeness (QED) is 0.793. The monoisotopic (exact) mass is 291 g/mol. The molecule has 3 rings (SSSR count). The van der Waals surface area contributed by atoms with Gasteiger partial charge in [-0.2, -0.15) is 0 Å². The molecule has 0 spiro atoms. The van der Waals surface area contributed by atoms with Gasteiger partial charge in [-0.25, -0.2) is 14.4 Å². The van der Waals surface area contributed by atoms with Gasteiger partial charge in [0.05, 0.1) is 30.7 Å². The molecule has 2 aromatic heterocycles. The Morgan fingerprint density at radius 1 is 1.52 bits per heavy atom. The van der Waals surface area contributed by atoms with E-state index in [4.69, 9.17) is 0 Å². The molecule has 0 aliphatic carbocycles. The second-order valence-corrected chi connectivity index (χ2v) is 4.88. The van der Waals surface area contributed by atoms with Gasteiger partial charge in [0.15, 0.2) is 0 Å². The smallest absolute Gasteiger partial charge is 0.326 e. The summed E-state index contributed by atoms with van der Waals surface area (Å²) in [6.45, 7) is 1.87. The number of aromatic amines is 1. The van der Waals surface area contributed by atoms with Crippen LogP contribution in [0.1, 0.15) is 22.8 Å². The van der Waals surface area contributed by atoms with Crippen LogP contribution in [0.25, 0.3) is 0 Å². The molecule has 2 aromatic rings. The van der Waals surface area contributed by atoms with E-state index in [1.165, 1.54) is 11.2 Å². The second-order valence-electron chi connectivity index (χ2n) is 4.88. The number of carboxylic acids is 1. The van der Waals surface area contributed by atoms with Crippen LogP contribution >= 0.6 is 0 Å². The number of carboxylic acid groups (broad SMARTS) is 1. The van der Waals surface area contributed by atoms with E-state index in [-0.39, 0.29) is 25.3 Å². The molecule has 9 nitrogen and oxygen atoms in total. The first kappa shape index (κ1) is 13.3. The number of hydrogen-bond acceptors (Lipinski definition) is 6. The summed E-state index contributed by atoms with van der Waals surface area (Å²) in [6, 6.07) is -0.923. The molecular formula is C12H13N5O4. The summed E-state index contributed by atoms with van der Waals surface area (Å²) >= 11 is 0. The van der Waals surface area contributed by atoms with Crippen molar-refractivity contribution < 1.29 is 19.3 Å². The third-order valence-electron chi connectivity index (χ3n) is 3.57. The largest absolute Gasteiger partial charge is 0.480 e. The van der Waals surface area contributed by atoms with Gasteiger partial charge in [-0.05, 0) is 6.92 Å². The molecule has 1 aliphatic rings. The van der Waals surface area contributed by atoms with Gasteiger partial charge < -0.3 is 15.0 Å². The van der Waals surface area contributed by atoms with Gasteiger partial charge in [-0.1, -0.05) is 10.3 Å². The van der Waals surface area contributed by atoms with Crippen molar-refractivity contribution in [2.75, 3.05) is 0 Å². The Balaban J connectivity index is 1.83. The molecule has 2 N–H and O–H groups in total. The number of imidazole rings is 1. The number of aryl methyl sites for hydroxylation is 1. The van der Waals surface area contributed by atoms with Gasteiger partial charge in [-0.3, -0.25) is 4.79 Å². The molecule has 1 amide bonds. The maximum absolute atomic E-state index is 12.4. The van der Waals surface area contributed by atoms with Crippen molar-refractivity contribution in [1.29, 1.82) is 0 Å². The third kappa shape index (κ3) is 2.37. The third-order valence-corrected chi connectivity index (χ3v) is 3.57. The maximum atomic E-state index is 12.4. The van der Waals surface area contributed by atoms with Gasteiger partial charge in [-0.15, -0.1) is 0 Å². The average Bonchev–Trinajstić information content (AvgIpc) is 3.06. The van der Waals surface area contributed by atoms with Crippen molar-refractivity contribution in [3.63, 3.8) is 0 Å².